The molecule has 2 aromatic rings. The van der Waals surface area contributed by atoms with E-state index in [1.807, 2.05) is 58.9 Å². The van der Waals surface area contributed by atoms with Gasteiger partial charge in [-0.25, -0.2) is 8.42 Å². The molecule has 30 heavy (non-hydrogen) atoms. The zero-order valence-corrected chi connectivity index (χ0v) is 19.3. The number of ether oxygens (including phenoxy) is 1. The summed E-state index contributed by atoms with van der Waals surface area (Å²) in [7, 11) is -3.63. The van der Waals surface area contributed by atoms with E-state index in [0.29, 0.717) is 12.1 Å². The summed E-state index contributed by atoms with van der Waals surface area (Å²) in [6, 6.07) is 11.1. The van der Waals surface area contributed by atoms with Crippen molar-refractivity contribution in [2.24, 2.45) is 0 Å². The van der Waals surface area contributed by atoms with Gasteiger partial charge in [0, 0.05) is 12.0 Å². The smallest absolute Gasteiger partial charge is 0.241 e. The van der Waals surface area contributed by atoms with E-state index in [0.717, 1.165) is 34.3 Å². The van der Waals surface area contributed by atoms with Crippen molar-refractivity contribution in [1.29, 1.82) is 0 Å². The van der Waals surface area contributed by atoms with E-state index in [4.69, 9.17) is 4.74 Å². The molecule has 3 rings (SSSR count). The van der Waals surface area contributed by atoms with Crippen molar-refractivity contribution >= 4 is 21.6 Å². The Labute approximate surface area is 179 Å². The van der Waals surface area contributed by atoms with Gasteiger partial charge in [-0.3, -0.25) is 9.10 Å². The molecular formula is C23H30N2O4S. The van der Waals surface area contributed by atoms with Gasteiger partial charge in [0.1, 0.15) is 17.9 Å². The molecule has 7 heteroatoms. The molecule has 1 heterocycles. The Morgan fingerprint density at radius 2 is 1.90 bits per heavy atom. The molecule has 6 nitrogen and oxygen atoms in total. The second kappa shape index (κ2) is 7.95. The number of carbonyl (C=O) groups excluding carboxylic acids is 1. The van der Waals surface area contributed by atoms with Crippen molar-refractivity contribution in [1.82, 2.24) is 5.32 Å². The highest BCUT2D eigenvalue weighted by molar-refractivity contribution is 7.92. The predicted molar refractivity (Wildman–Crippen MR) is 119 cm³/mol. The third-order valence-corrected chi connectivity index (χ3v) is 6.62. The first-order valence-corrected chi connectivity index (χ1v) is 11.8. The molecular weight excluding hydrogens is 400 g/mol. The van der Waals surface area contributed by atoms with E-state index < -0.39 is 15.6 Å². The molecule has 0 spiro atoms. The number of hydrogen-bond donors (Lipinski definition) is 1. The monoisotopic (exact) mass is 430 g/mol. The Bertz CT molecular complexity index is 1080. The fraction of sp³-hybridized carbons (Fsp3) is 0.435. The maximum atomic E-state index is 13.0. The highest BCUT2D eigenvalue weighted by Crippen LogP contribution is 2.40. The van der Waals surface area contributed by atoms with Gasteiger partial charge in [0.25, 0.3) is 0 Å². The van der Waals surface area contributed by atoms with Crippen LogP contribution in [0.3, 0.4) is 0 Å². The standard InChI is InChI=1S/C23H30N2O4S/c1-15-10-11-18-19(13-23(4,5)29-21(18)12-15)24-22(26)14-25(30(6,27)28)20-9-7-8-16(2)17(20)3/h7-12,19H,13-14H2,1-6H3,(H,24,26)/t19-/m1/s1. The van der Waals surface area contributed by atoms with Crippen LogP contribution in [0.5, 0.6) is 5.75 Å². The van der Waals surface area contributed by atoms with Gasteiger partial charge in [0.05, 0.1) is 18.0 Å². The molecule has 0 fully saturated rings. The second-order valence-electron chi connectivity index (χ2n) is 8.72. The van der Waals surface area contributed by atoms with Crippen LogP contribution in [0, 0.1) is 20.8 Å². The van der Waals surface area contributed by atoms with Crippen LogP contribution in [0.25, 0.3) is 0 Å². The third-order valence-electron chi connectivity index (χ3n) is 5.49. The second-order valence-corrected chi connectivity index (χ2v) is 10.6. The van der Waals surface area contributed by atoms with Crippen LogP contribution in [-0.4, -0.2) is 32.7 Å². The van der Waals surface area contributed by atoms with Gasteiger partial charge in [-0.1, -0.05) is 24.3 Å². The molecule has 0 aliphatic carbocycles. The van der Waals surface area contributed by atoms with E-state index in [1.54, 1.807) is 12.1 Å². The summed E-state index contributed by atoms with van der Waals surface area (Å²) in [5.41, 5.74) is 3.87. The Morgan fingerprint density at radius 1 is 1.20 bits per heavy atom. The van der Waals surface area contributed by atoms with Crippen molar-refractivity contribution in [3.8, 4) is 5.75 Å². The molecule has 1 atom stereocenters. The quantitative estimate of drug-likeness (QED) is 0.783. The van der Waals surface area contributed by atoms with E-state index in [-0.39, 0.29) is 18.5 Å². The Morgan fingerprint density at radius 3 is 2.57 bits per heavy atom. The van der Waals surface area contributed by atoms with Crippen LogP contribution in [0.15, 0.2) is 36.4 Å². The van der Waals surface area contributed by atoms with Gasteiger partial charge in [-0.15, -0.1) is 0 Å². The van der Waals surface area contributed by atoms with Gasteiger partial charge in [0.2, 0.25) is 15.9 Å². The third kappa shape index (κ3) is 4.78. The van der Waals surface area contributed by atoms with Crippen molar-refractivity contribution in [3.05, 3.63) is 58.7 Å². The fourth-order valence-corrected chi connectivity index (χ4v) is 4.75. The average Bonchev–Trinajstić information content (AvgIpc) is 2.60. The summed E-state index contributed by atoms with van der Waals surface area (Å²) in [5, 5.41) is 3.03. The Balaban J connectivity index is 1.87. The lowest BCUT2D eigenvalue weighted by molar-refractivity contribution is -0.120. The molecule has 2 aromatic carbocycles. The minimum atomic E-state index is -3.63. The summed E-state index contributed by atoms with van der Waals surface area (Å²) in [5.74, 6) is 0.404. The summed E-state index contributed by atoms with van der Waals surface area (Å²) < 4.78 is 32.2. The number of benzene rings is 2. The maximum Gasteiger partial charge on any atom is 0.241 e. The van der Waals surface area contributed by atoms with E-state index in [1.165, 1.54) is 4.31 Å². The summed E-state index contributed by atoms with van der Waals surface area (Å²) in [4.78, 5) is 13.0. The molecule has 0 saturated carbocycles. The number of sulfonamides is 1. The summed E-state index contributed by atoms with van der Waals surface area (Å²) in [6.07, 6.45) is 1.72. The number of fused-ring (bicyclic) bond motifs is 1. The number of nitrogens with one attached hydrogen (secondary N) is 1. The average molecular weight is 431 g/mol. The number of amides is 1. The summed E-state index contributed by atoms with van der Waals surface area (Å²) >= 11 is 0. The van der Waals surface area contributed by atoms with Crippen LogP contribution in [0.4, 0.5) is 5.69 Å². The van der Waals surface area contributed by atoms with Crippen LogP contribution >= 0.6 is 0 Å². The fourth-order valence-electron chi connectivity index (χ4n) is 3.84. The van der Waals surface area contributed by atoms with Crippen molar-refractivity contribution in [2.75, 3.05) is 17.1 Å². The minimum Gasteiger partial charge on any atom is -0.487 e. The van der Waals surface area contributed by atoms with Crippen LogP contribution in [0.2, 0.25) is 0 Å². The number of carbonyl (C=O) groups is 1. The topological polar surface area (TPSA) is 75.7 Å². The van der Waals surface area contributed by atoms with Gasteiger partial charge in [-0.2, -0.15) is 0 Å². The lowest BCUT2D eigenvalue weighted by atomic mass is 9.89. The molecule has 0 unspecified atom stereocenters. The molecule has 0 radical (unpaired) electrons. The Hall–Kier alpha value is -2.54. The van der Waals surface area contributed by atoms with E-state index >= 15 is 0 Å². The van der Waals surface area contributed by atoms with E-state index in [2.05, 4.69) is 5.32 Å². The zero-order valence-electron chi connectivity index (χ0n) is 18.4. The lowest BCUT2D eigenvalue weighted by Gasteiger charge is -2.38. The van der Waals surface area contributed by atoms with Gasteiger partial charge < -0.3 is 10.1 Å². The molecule has 0 aromatic heterocycles. The number of nitrogens with zero attached hydrogens (tertiary/aromatic N) is 1. The molecule has 1 aliphatic rings. The minimum absolute atomic E-state index is 0.253. The molecule has 1 aliphatic heterocycles. The van der Waals surface area contributed by atoms with Crippen molar-refractivity contribution < 1.29 is 17.9 Å². The summed E-state index contributed by atoms with van der Waals surface area (Å²) in [6.45, 7) is 9.46. The lowest BCUT2D eigenvalue weighted by Crippen LogP contribution is -2.45. The number of hydrogen-bond acceptors (Lipinski definition) is 4. The molecule has 0 saturated heterocycles. The first-order valence-electron chi connectivity index (χ1n) is 10.0. The SMILES string of the molecule is Cc1ccc2c(c1)OC(C)(C)C[C@H]2NC(=O)CN(c1cccc(C)c1C)S(C)(=O)=O. The number of aryl methyl sites for hydroxylation is 2. The van der Waals surface area contributed by atoms with Gasteiger partial charge in [0.15, 0.2) is 0 Å². The zero-order chi connectivity index (χ0) is 22.3. The molecule has 0 bridgehead atoms. The first kappa shape index (κ1) is 22.2. The van der Waals surface area contributed by atoms with Crippen molar-refractivity contribution in [3.63, 3.8) is 0 Å². The molecule has 162 valence electrons. The van der Waals surface area contributed by atoms with Crippen molar-refractivity contribution in [2.45, 2.75) is 52.7 Å². The molecule has 1 amide bonds. The first-order chi connectivity index (χ1) is 13.9. The Kier molecular flexibility index (Phi) is 5.87. The van der Waals surface area contributed by atoms with Gasteiger partial charge >= 0.3 is 0 Å². The largest absolute Gasteiger partial charge is 0.487 e. The van der Waals surface area contributed by atoms with Crippen LogP contribution < -0.4 is 14.4 Å². The van der Waals surface area contributed by atoms with Crippen LogP contribution in [-0.2, 0) is 14.8 Å². The predicted octanol–water partition coefficient (Wildman–Crippen LogP) is 3.80. The van der Waals surface area contributed by atoms with Crippen LogP contribution in [0.1, 0.15) is 48.6 Å². The maximum absolute atomic E-state index is 13.0. The number of rotatable bonds is 5. The normalized spacial score (nSPS) is 17.6. The number of anilines is 1. The molecule has 1 N–H and O–H groups in total. The highest BCUT2D eigenvalue weighted by atomic mass is 32.2. The van der Waals surface area contributed by atoms with E-state index in [9.17, 15) is 13.2 Å². The highest BCUT2D eigenvalue weighted by Gasteiger charge is 2.35. The van der Waals surface area contributed by atoms with Gasteiger partial charge in [-0.05, 0) is 63.4 Å².